The summed E-state index contributed by atoms with van der Waals surface area (Å²) in [6.45, 7) is 0.0324. The fraction of sp³-hybridized carbons (Fsp3) is 0.200. The number of rotatable bonds is 4. The van der Waals surface area contributed by atoms with E-state index in [0.29, 0.717) is 15.1 Å². The van der Waals surface area contributed by atoms with Crippen molar-refractivity contribution in [3.05, 3.63) is 67.9 Å². The van der Waals surface area contributed by atoms with E-state index in [9.17, 15) is 9.50 Å². The van der Waals surface area contributed by atoms with Gasteiger partial charge in [-0.1, -0.05) is 41.4 Å². The lowest BCUT2D eigenvalue weighted by atomic mass is 9.88. The number of hydrogen-bond donors (Lipinski definition) is 2. The van der Waals surface area contributed by atoms with E-state index in [0.717, 1.165) is 0 Å². The third-order valence-electron chi connectivity index (χ3n) is 3.31. The molecule has 0 aromatic heterocycles. The average molecular weight is 393 g/mol. The first-order valence-corrected chi connectivity index (χ1v) is 7.78. The number of nitrogens with two attached hydrogens (primary N) is 1. The van der Waals surface area contributed by atoms with E-state index in [4.69, 9.17) is 28.9 Å². The molecule has 2 atom stereocenters. The molecule has 112 valence electrons. The molecule has 0 spiro atoms. The molecule has 0 bridgehead atoms. The number of hydrogen-bond acceptors (Lipinski definition) is 2. The van der Waals surface area contributed by atoms with Crippen molar-refractivity contribution in [3.8, 4) is 0 Å². The highest BCUT2D eigenvalue weighted by Gasteiger charge is 2.28. The highest BCUT2D eigenvalue weighted by Crippen LogP contribution is 2.39. The third kappa shape index (κ3) is 3.41. The predicted molar refractivity (Wildman–Crippen MR) is 87.3 cm³/mol. The third-order valence-corrected chi connectivity index (χ3v) is 4.95. The fourth-order valence-corrected chi connectivity index (χ4v) is 3.16. The Morgan fingerprint density at radius 3 is 2.48 bits per heavy atom. The van der Waals surface area contributed by atoms with Gasteiger partial charge in [0.05, 0.1) is 11.1 Å². The van der Waals surface area contributed by atoms with Gasteiger partial charge in [0, 0.05) is 33.1 Å². The second-order valence-corrected chi connectivity index (χ2v) is 6.20. The molecule has 0 aliphatic rings. The molecule has 21 heavy (non-hydrogen) atoms. The largest absolute Gasteiger partial charge is 0.388 e. The first kappa shape index (κ1) is 16.7. The van der Waals surface area contributed by atoms with Crippen LogP contribution in [0.4, 0.5) is 4.39 Å². The molecular formula is C15H13BrCl2FNO. The van der Waals surface area contributed by atoms with E-state index in [1.54, 1.807) is 24.3 Å². The maximum Gasteiger partial charge on any atom is 0.128 e. The van der Waals surface area contributed by atoms with Crippen LogP contribution in [-0.4, -0.2) is 11.7 Å². The summed E-state index contributed by atoms with van der Waals surface area (Å²) in [5.74, 6) is -1.19. The Labute approximate surface area is 140 Å². The van der Waals surface area contributed by atoms with Crippen molar-refractivity contribution in [2.24, 2.45) is 5.73 Å². The van der Waals surface area contributed by atoms with Gasteiger partial charge in [-0.15, -0.1) is 0 Å². The molecule has 0 saturated carbocycles. The molecule has 0 radical (unpaired) electrons. The standard InChI is InChI=1S/C15H13BrCl2FNO/c16-10-4-1-3-8(14(10)18)15(21)9(7-20)13-11(17)5-2-6-12(13)19/h1-6,9,15,21H,7,20H2. The molecule has 0 saturated heterocycles. The van der Waals surface area contributed by atoms with Crippen LogP contribution in [0.3, 0.4) is 0 Å². The van der Waals surface area contributed by atoms with Gasteiger partial charge in [-0.05, 0) is 34.1 Å². The summed E-state index contributed by atoms with van der Waals surface area (Å²) < 4.78 is 14.7. The van der Waals surface area contributed by atoms with Crippen molar-refractivity contribution in [1.82, 2.24) is 0 Å². The molecule has 0 heterocycles. The lowest BCUT2D eigenvalue weighted by Crippen LogP contribution is -2.22. The van der Waals surface area contributed by atoms with Gasteiger partial charge < -0.3 is 10.8 Å². The first-order valence-electron chi connectivity index (χ1n) is 6.23. The number of benzene rings is 2. The van der Waals surface area contributed by atoms with Gasteiger partial charge in [0.2, 0.25) is 0 Å². The zero-order chi connectivity index (χ0) is 15.6. The molecule has 0 fully saturated rings. The molecule has 6 heteroatoms. The summed E-state index contributed by atoms with van der Waals surface area (Å²) in [6, 6.07) is 9.54. The van der Waals surface area contributed by atoms with Gasteiger partial charge in [-0.3, -0.25) is 0 Å². The topological polar surface area (TPSA) is 46.2 Å². The minimum atomic E-state index is -1.06. The van der Waals surface area contributed by atoms with Crippen molar-refractivity contribution in [2.45, 2.75) is 12.0 Å². The van der Waals surface area contributed by atoms with Crippen LogP contribution in [0.5, 0.6) is 0 Å². The Bertz CT molecular complexity index is 633. The van der Waals surface area contributed by atoms with E-state index in [1.807, 2.05) is 0 Å². The number of halogens is 4. The molecule has 2 rings (SSSR count). The lowest BCUT2D eigenvalue weighted by molar-refractivity contribution is 0.146. The minimum Gasteiger partial charge on any atom is -0.388 e. The normalized spacial score (nSPS) is 14.0. The second kappa shape index (κ2) is 7.07. The Hall–Kier alpha value is -0.650. The summed E-state index contributed by atoms with van der Waals surface area (Å²) in [6.07, 6.45) is -1.06. The maximum absolute atomic E-state index is 14.1. The predicted octanol–water partition coefficient (Wildman–Crippen LogP) is 4.67. The molecule has 0 aliphatic carbocycles. The molecule has 0 aliphatic heterocycles. The minimum absolute atomic E-state index is 0.0324. The van der Waals surface area contributed by atoms with E-state index in [2.05, 4.69) is 15.9 Å². The van der Waals surface area contributed by atoms with Crippen LogP contribution in [-0.2, 0) is 0 Å². The van der Waals surface area contributed by atoms with Crippen molar-refractivity contribution >= 4 is 39.1 Å². The Balaban J connectivity index is 2.48. The number of aliphatic hydroxyl groups excluding tert-OH is 1. The second-order valence-electron chi connectivity index (χ2n) is 4.57. The zero-order valence-electron chi connectivity index (χ0n) is 10.9. The van der Waals surface area contributed by atoms with Gasteiger partial charge in [-0.25, -0.2) is 4.39 Å². The molecule has 2 unspecified atom stereocenters. The summed E-state index contributed by atoms with van der Waals surface area (Å²) in [5, 5.41) is 11.2. The highest BCUT2D eigenvalue weighted by atomic mass is 79.9. The summed E-state index contributed by atoms with van der Waals surface area (Å²) >= 11 is 15.5. The van der Waals surface area contributed by atoms with Crippen molar-refractivity contribution in [1.29, 1.82) is 0 Å². The summed E-state index contributed by atoms with van der Waals surface area (Å²) in [7, 11) is 0. The molecule has 2 nitrogen and oxygen atoms in total. The highest BCUT2D eigenvalue weighted by molar-refractivity contribution is 9.10. The summed E-state index contributed by atoms with van der Waals surface area (Å²) in [4.78, 5) is 0. The molecular weight excluding hydrogens is 380 g/mol. The Kier molecular flexibility index (Phi) is 5.63. The van der Waals surface area contributed by atoms with E-state index >= 15 is 0 Å². The van der Waals surface area contributed by atoms with Crippen LogP contribution in [0.25, 0.3) is 0 Å². The van der Waals surface area contributed by atoms with Crippen molar-refractivity contribution < 1.29 is 9.50 Å². The molecule has 0 amide bonds. The molecule has 2 aromatic carbocycles. The van der Waals surface area contributed by atoms with E-state index in [-0.39, 0.29) is 17.1 Å². The Morgan fingerprint density at radius 2 is 1.86 bits per heavy atom. The van der Waals surface area contributed by atoms with Crippen LogP contribution in [0.1, 0.15) is 23.1 Å². The quantitative estimate of drug-likeness (QED) is 0.793. The summed E-state index contributed by atoms with van der Waals surface area (Å²) in [5.41, 5.74) is 6.40. The van der Waals surface area contributed by atoms with Gasteiger partial charge in [0.25, 0.3) is 0 Å². The maximum atomic E-state index is 14.1. The van der Waals surface area contributed by atoms with Gasteiger partial charge in [0.15, 0.2) is 0 Å². The van der Waals surface area contributed by atoms with Crippen molar-refractivity contribution in [2.75, 3.05) is 6.54 Å². The van der Waals surface area contributed by atoms with Crippen molar-refractivity contribution in [3.63, 3.8) is 0 Å². The van der Waals surface area contributed by atoms with Crippen LogP contribution in [0, 0.1) is 5.82 Å². The molecule has 3 N–H and O–H groups in total. The first-order chi connectivity index (χ1) is 9.97. The Morgan fingerprint density at radius 1 is 1.19 bits per heavy atom. The molecule has 2 aromatic rings. The van der Waals surface area contributed by atoms with Crippen LogP contribution in [0.2, 0.25) is 10.0 Å². The van der Waals surface area contributed by atoms with Gasteiger partial charge in [0.1, 0.15) is 5.82 Å². The lowest BCUT2D eigenvalue weighted by Gasteiger charge is -2.24. The number of aliphatic hydroxyl groups is 1. The van der Waals surface area contributed by atoms with E-state index < -0.39 is 17.8 Å². The SMILES string of the molecule is NCC(c1c(F)cccc1Cl)C(O)c1cccc(Br)c1Cl. The fourth-order valence-electron chi connectivity index (χ4n) is 2.24. The van der Waals surface area contributed by atoms with Crippen LogP contribution >= 0.6 is 39.1 Å². The van der Waals surface area contributed by atoms with Gasteiger partial charge >= 0.3 is 0 Å². The van der Waals surface area contributed by atoms with Crippen LogP contribution < -0.4 is 5.73 Å². The average Bonchev–Trinajstić information content (AvgIpc) is 2.45. The van der Waals surface area contributed by atoms with E-state index in [1.165, 1.54) is 12.1 Å². The monoisotopic (exact) mass is 391 g/mol. The zero-order valence-corrected chi connectivity index (χ0v) is 14.0. The smallest absolute Gasteiger partial charge is 0.128 e. The van der Waals surface area contributed by atoms with Crippen LogP contribution in [0.15, 0.2) is 40.9 Å². The van der Waals surface area contributed by atoms with Gasteiger partial charge in [-0.2, -0.15) is 0 Å².